The monoisotopic (exact) mass is 1030 g/mol. The molecule has 0 aliphatic heterocycles. The zero-order valence-electron chi connectivity index (χ0n) is 40.0. The van der Waals surface area contributed by atoms with Crippen molar-refractivity contribution in [3.63, 3.8) is 0 Å². The summed E-state index contributed by atoms with van der Waals surface area (Å²) in [6, 6.07) is 68.8. The van der Waals surface area contributed by atoms with Crippen molar-refractivity contribution in [2.75, 3.05) is 0 Å². The van der Waals surface area contributed by atoms with Crippen molar-refractivity contribution in [3.8, 4) is 56.4 Å². The molecule has 0 spiro atoms. The van der Waals surface area contributed by atoms with E-state index in [4.69, 9.17) is 24.9 Å². The number of rotatable bonds is 9. The molecule has 5 heterocycles. The number of aromatic nitrogens is 3. The van der Waals surface area contributed by atoms with Gasteiger partial charge in [0.2, 0.25) is 0 Å². The van der Waals surface area contributed by atoms with E-state index in [1.807, 2.05) is 0 Å². The molecule has 10 heteroatoms. The van der Waals surface area contributed by atoms with Gasteiger partial charge in [-0.15, -0.1) is 45.3 Å². The molecule has 0 saturated heterocycles. The summed E-state index contributed by atoms with van der Waals surface area (Å²) < 4.78 is 4.63. The van der Waals surface area contributed by atoms with Crippen LogP contribution in [-0.4, -0.2) is 33.3 Å². The molecule has 354 valence electrons. The fraction of sp³-hybridized carbons (Fsp3) is 0.0154. The van der Waals surface area contributed by atoms with Crippen molar-refractivity contribution >= 4 is 126 Å². The van der Waals surface area contributed by atoms with E-state index in [0.717, 1.165) is 107 Å². The number of hydrogen-bond acceptors (Lipinski definition) is 8. The number of nitrogens with zero attached hydrogens (tertiary/aromatic N) is 6. The lowest BCUT2D eigenvalue weighted by Crippen LogP contribution is -2.06. The minimum absolute atomic E-state index is 0.440. The van der Waals surface area contributed by atoms with Crippen molar-refractivity contribution in [1.29, 1.82) is 0 Å². The normalized spacial score (nSPS) is 12.3. The highest BCUT2D eigenvalue weighted by molar-refractivity contribution is 7.18. The van der Waals surface area contributed by atoms with E-state index < -0.39 is 0 Å². The predicted molar refractivity (Wildman–Crippen MR) is 323 cm³/mol. The Morgan fingerprint density at radius 1 is 0.400 bits per heavy atom. The Bertz CT molecular complexity index is 4510. The second kappa shape index (κ2) is 19.0. The van der Waals surface area contributed by atoms with Gasteiger partial charge in [0.05, 0.1) is 6.54 Å². The summed E-state index contributed by atoms with van der Waals surface area (Å²) in [5.41, 5.74) is 10.2. The van der Waals surface area contributed by atoms with Crippen LogP contribution in [0, 0.1) is 0 Å². The van der Waals surface area contributed by atoms with Gasteiger partial charge in [-0.05, 0) is 154 Å². The largest absolute Gasteiger partial charge is 0.261 e. The molecule has 0 bridgehead atoms. The van der Waals surface area contributed by atoms with Crippen molar-refractivity contribution in [2.24, 2.45) is 15.0 Å². The first-order chi connectivity index (χ1) is 37.1. The summed E-state index contributed by atoms with van der Waals surface area (Å²) in [6.07, 6.45) is 0. The van der Waals surface area contributed by atoms with Crippen molar-refractivity contribution in [2.45, 2.75) is 6.54 Å². The van der Waals surface area contributed by atoms with E-state index in [1.165, 1.54) is 10.1 Å². The molecule has 0 fully saturated rings. The first kappa shape index (κ1) is 45.0. The summed E-state index contributed by atoms with van der Waals surface area (Å²) >= 11 is 6.83. The highest BCUT2D eigenvalue weighted by atomic mass is 32.1. The third-order valence-corrected chi connectivity index (χ3v) is 17.8. The quantitative estimate of drug-likeness (QED) is 0.0821. The van der Waals surface area contributed by atoms with Gasteiger partial charge in [-0.25, -0.2) is 24.9 Å². The van der Waals surface area contributed by atoms with E-state index >= 15 is 0 Å². The minimum Gasteiger partial charge on any atom is -0.261 e. The van der Waals surface area contributed by atoms with Crippen LogP contribution in [0.3, 0.4) is 0 Å². The molecule has 0 aliphatic rings. The Morgan fingerprint density at radius 3 is 1.52 bits per heavy atom. The smallest absolute Gasteiger partial charge is 0.165 e. The Morgan fingerprint density at radius 2 is 0.907 bits per heavy atom. The maximum Gasteiger partial charge on any atom is 0.165 e. The first-order valence-electron chi connectivity index (χ1n) is 24.5. The SMILES string of the molecule is C=N/C(=N\C(=N/Cc1cccc2ccsc12)c1ccc2c(-c3ccccc3)c3cc(-c4nc(-c5cccc6ccsc56)nc(-c5cccc6ccsc56)n4)ccc3c(-c3ccccc3)c2c1)c1cccc2ccsc12. The van der Waals surface area contributed by atoms with Gasteiger partial charge in [-0.2, -0.15) is 0 Å². The molecule has 0 amide bonds. The Labute approximate surface area is 447 Å². The highest BCUT2D eigenvalue weighted by Gasteiger charge is 2.22. The highest BCUT2D eigenvalue weighted by Crippen LogP contribution is 2.46. The molecule has 14 aromatic rings. The van der Waals surface area contributed by atoms with Crippen LogP contribution in [0.15, 0.2) is 231 Å². The molecular formula is C65H40N6S4. The van der Waals surface area contributed by atoms with Gasteiger partial charge >= 0.3 is 0 Å². The number of amidine groups is 2. The van der Waals surface area contributed by atoms with Gasteiger partial charge in [-0.3, -0.25) is 4.99 Å². The standard InChI is InChI=1S/C65H40N6S4/c1-66-63(50-21-9-17-42-29-33-73-58(42)50)68-61(67-38-47-20-8-16-41-28-32-72-57(41)47)45-24-26-48-53(36-45)55(39-12-4-2-5-13-39)49-27-25-46(37-54(49)56(48)40-14-6-3-7-15-40)62-69-64(51-22-10-18-43-30-34-74-59(43)51)71-65(70-62)52-23-11-19-44-31-35-75-60(44)52/h2-37H,1,38H2/b67-61-,68-63-. The van der Waals surface area contributed by atoms with Gasteiger partial charge in [-0.1, -0.05) is 140 Å². The minimum atomic E-state index is 0.440. The van der Waals surface area contributed by atoms with E-state index in [1.54, 1.807) is 45.3 Å². The third kappa shape index (κ3) is 8.07. The molecule has 14 rings (SSSR count). The number of aliphatic imine (C=N–C) groups is 3. The Kier molecular flexibility index (Phi) is 11.4. The molecule has 0 atom stereocenters. The molecule has 0 saturated carbocycles. The van der Waals surface area contributed by atoms with Crippen LogP contribution < -0.4 is 0 Å². The Balaban J connectivity index is 1.02. The van der Waals surface area contributed by atoms with Gasteiger partial charge < -0.3 is 0 Å². The molecule has 0 unspecified atom stereocenters. The lowest BCUT2D eigenvalue weighted by atomic mass is 9.84. The van der Waals surface area contributed by atoms with E-state index in [0.29, 0.717) is 35.7 Å². The number of fused-ring (bicyclic) bond motifs is 6. The Hall–Kier alpha value is -8.64. The number of hydrogen-bond donors (Lipinski definition) is 0. The zero-order chi connectivity index (χ0) is 49.8. The fourth-order valence-electron chi connectivity index (χ4n) is 10.4. The molecule has 6 nitrogen and oxygen atoms in total. The van der Waals surface area contributed by atoms with Gasteiger partial charge in [0, 0.05) is 46.6 Å². The van der Waals surface area contributed by atoms with Crippen LogP contribution >= 0.6 is 45.3 Å². The van der Waals surface area contributed by atoms with Crippen LogP contribution in [0.4, 0.5) is 0 Å². The van der Waals surface area contributed by atoms with Gasteiger partial charge in [0.1, 0.15) is 0 Å². The summed E-state index contributed by atoms with van der Waals surface area (Å²) in [6.45, 7) is 4.50. The maximum absolute atomic E-state index is 5.39. The van der Waals surface area contributed by atoms with Gasteiger partial charge in [0.15, 0.2) is 29.1 Å². The average Bonchev–Trinajstić information content (AvgIpc) is 4.34. The van der Waals surface area contributed by atoms with Crippen molar-refractivity contribution < 1.29 is 0 Å². The molecule has 75 heavy (non-hydrogen) atoms. The summed E-state index contributed by atoms with van der Waals surface area (Å²) in [4.78, 5) is 31.3. The summed E-state index contributed by atoms with van der Waals surface area (Å²) in [7, 11) is 0. The van der Waals surface area contributed by atoms with Crippen LogP contribution in [0.5, 0.6) is 0 Å². The lowest BCUT2D eigenvalue weighted by Gasteiger charge is -2.19. The number of benzene rings is 9. The molecule has 5 aromatic heterocycles. The second-order valence-electron chi connectivity index (χ2n) is 18.2. The second-order valence-corrected chi connectivity index (χ2v) is 21.9. The molecule has 9 aromatic carbocycles. The predicted octanol–water partition coefficient (Wildman–Crippen LogP) is 18.5. The lowest BCUT2D eigenvalue weighted by molar-refractivity contribution is 1.08. The molecule has 0 N–H and O–H groups in total. The third-order valence-electron chi connectivity index (χ3n) is 13.9. The fourth-order valence-corrected chi connectivity index (χ4v) is 14.0. The van der Waals surface area contributed by atoms with E-state index in [2.05, 4.69) is 227 Å². The molecule has 0 aliphatic carbocycles. The van der Waals surface area contributed by atoms with Crippen LogP contribution in [0.2, 0.25) is 0 Å². The summed E-state index contributed by atoms with van der Waals surface area (Å²) in [5.74, 6) is 3.00. The van der Waals surface area contributed by atoms with Crippen molar-refractivity contribution in [1.82, 2.24) is 15.0 Å². The van der Waals surface area contributed by atoms with Crippen molar-refractivity contribution in [3.05, 3.63) is 232 Å². The first-order valence-corrected chi connectivity index (χ1v) is 28.0. The molecular weight excluding hydrogens is 993 g/mol. The van der Waals surface area contributed by atoms with E-state index in [9.17, 15) is 0 Å². The maximum atomic E-state index is 5.39. The summed E-state index contributed by atoms with van der Waals surface area (Å²) in [5, 5.41) is 17.5. The molecule has 0 radical (unpaired) electrons. The van der Waals surface area contributed by atoms with E-state index in [-0.39, 0.29) is 0 Å². The zero-order valence-corrected chi connectivity index (χ0v) is 43.3. The average molecular weight is 1030 g/mol. The van der Waals surface area contributed by atoms with Crippen LogP contribution in [-0.2, 0) is 6.54 Å². The number of thiophene rings is 4. The van der Waals surface area contributed by atoms with Gasteiger partial charge in [0.25, 0.3) is 0 Å². The van der Waals surface area contributed by atoms with Crippen LogP contribution in [0.25, 0.3) is 118 Å². The van der Waals surface area contributed by atoms with Crippen LogP contribution in [0.1, 0.15) is 16.7 Å². The topological polar surface area (TPSA) is 75.8 Å².